The molecule has 0 heterocycles. The Morgan fingerprint density at radius 2 is 2.27 bits per heavy atom. The molecular formula is C9H9BrO. The highest BCUT2D eigenvalue weighted by atomic mass is 79.9. The van der Waals surface area contributed by atoms with Gasteiger partial charge >= 0.3 is 0 Å². The maximum absolute atomic E-state index is 5.13. The molecular weight excluding hydrogens is 204 g/mol. The van der Waals surface area contributed by atoms with Gasteiger partial charge in [-0.2, -0.15) is 0 Å². The summed E-state index contributed by atoms with van der Waals surface area (Å²) in [5, 5.41) is 0. The van der Waals surface area contributed by atoms with Gasteiger partial charge in [0.05, 0.1) is 6.26 Å². The fourth-order valence-corrected chi connectivity index (χ4v) is 1.31. The summed E-state index contributed by atoms with van der Waals surface area (Å²) in [5.74, 6) is 0.850. The molecule has 0 amide bonds. The molecule has 0 aliphatic rings. The van der Waals surface area contributed by atoms with Crippen molar-refractivity contribution in [1.29, 1.82) is 0 Å². The lowest BCUT2D eigenvalue weighted by Crippen LogP contribution is -1.84. The Morgan fingerprint density at radius 3 is 2.82 bits per heavy atom. The van der Waals surface area contributed by atoms with E-state index in [0.717, 1.165) is 15.8 Å². The number of hydrogen-bond acceptors (Lipinski definition) is 1. The fourth-order valence-electron chi connectivity index (χ4n) is 0.835. The minimum absolute atomic E-state index is 0.850. The van der Waals surface area contributed by atoms with Gasteiger partial charge in [-0.3, -0.25) is 0 Å². The first-order valence-electron chi connectivity index (χ1n) is 3.28. The van der Waals surface area contributed by atoms with E-state index in [1.165, 1.54) is 6.26 Å². The second-order valence-electron chi connectivity index (χ2n) is 2.19. The molecule has 1 aromatic rings. The molecule has 2 heteroatoms. The Labute approximate surface area is 74.8 Å². The van der Waals surface area contributed by atoms with Crippen molar-refractivity contribution in [2.24, 2.45) is 0 Å². The van der Waals surface area contributed by atoms with Gasteiger partial charge in [0, 0.05) is 4.47 Å². The highest BCUT2D eigenvalue weighted by Gasteiger charge is 1.96. The van der Waals surface area contributed by atoms with Crippen LogP contribution in [0.5, 0.6) is 5.75 Å². The average Bonchev–Trinajstić information content (AvgIpc) is 1.95. The van der Waals surface area contributed by atoms with Crippen molar-refractivity contribution in [3.63, 3.8) is 0 Å². The Morgan fingerprint density at radius 1 is 1.55 bits per heavy atom. The largest absolute Gasteiger partial charge is 0.465 e. The minimum Gasteiger partial charge on any atom is -0.465 e. The topological polar surface area (TPSA) is 9.23 Å². The number of benzene rings is 1. The summed E-state index contributed by atoms with van der Waals surface area (Å²) in [6.45, 7) is 5.48. The molecule has 58 valence electrons. The van der Waals surface area contributed by atoms with Gasteiger partial charge in [0.2, 0.25) is 0 Å². The Balaban J connectivity index is 2.98. The second-order valence-corrected chi connectivity index (χ2v) is 3.11. The predicted molar refractivity (Wildman–Crippen MR) is 49.7 cm³/mol. The average molecular weight is 213 g/mol. The van der Waals surface area contributed by atoms with Crippen molar-refractivity contribution in [3.05, 3.63) is 41.1 Å². The van der Waals surface area contributed by atoms with E-state index in [9.17, 15) is 0 Å². The van der Waals surface area contributed by atoms with Crippen LogP contribution >= 0.6 is 15.9 Å². The van der Waals surface area contributed by atoms with Crippen LogP contribution in [-0.4, -0.2) is 0 Å². The Kier molecular flexibility index (Phi) is 2.71. The third-order valence-electron chi connectivity index (χ3n) is 1.35. The van der Waals surface area contributed by atoms with Gasteiger partial charge in [-0.05, 0) is 30.7 Å². The summed E-state index contributed by atoms with van der Waals surface area (Å²) in [7, 11) is 0. The number of aryl methyl sites for hydroxylation is 1. The lowest BCUT2D eigenvalue weighted by atomic mass is 10.2. The van der Waals surface area contributed by atoms with Crippen molar-refractivity contribution in [2.75, 3.05) is 0 Å². The number of rotatable bonds is 2. The van der Waals surface area contributed by atoms with Crippen molar-refractivity contribution in [2.45, 2.75) is 6.92 Å². The van der Waals surface area contributed by atoms with Crippen LogP contribution in [0.3, 0.4) is 0 Å². The number of ether oxygens (including phenoxy) is 1. The molecule has 0 bridgehead atoms. The molecule has 1 rings (SSSR count). The van der Waals surface area contributed by atoms with E-state index in [2.05, 4.69) is 22.5 Å². The highest BCUT2D eigenvalue weighted by molar-refractivity contribution is 9.10. The summed E-state index contributed by atoms with van der Waals surface area (Å²) in [5.41, 5.74) is 1.10. The number of halogens is 1. The minimum atomic E-state index is 0.850. The summed E-state index contributed by atoms with van der Waals surface area (Å²) >= 11 is 3.37. The first-order valence-corrected chi connectivity index (χ1v) is 4.07. The van der Waals surface area contributed by atoms with E-state index >= 15 is 0 Å². The molecule has 0 saturated heterocycles. The molecule has 0 aliphatic carbocycles. The van der Waals surface area contributed by atoms with Crippen LogP contribution in [0.4, 0.5) is 0 Å². The van der Waals surface area contributed by atoms with E-state index in [-0.39, 0.29) is 0 Å². The van der Waals surface area contributed by atoms with Crippen LogP contribution in [0.15, 0.2) is 35.5 Å². The van der Waals surface area contributed by atoms with Gasteiger partial charge in [-0.15, -0.1) is 0 Å². The van der Waals surface area contributed by atoms with Crippen LogP contribution in [0.2, 0.25) is 0 Å². The van der Waals surface area contributed by atoms with Gasteiger partial charge in [0.1, 0.15) is 5.75 Å². The number of hydrogen-bond donors (Lipinski definition) is 0. The molecule has 0 atom stereocenters. The van der Waals surface area contributed by atoms with Crippen molar-refractivity contribution >= 4 is 15.9 Å². The third kappa shape index (κ3) is 2.09. The molecule has 0 aromatic heterocycles. The van der Waals surface area contributed by atoms with Gasteiger partial charge in [0.25, 0.3) is 0 Å². The zero-order chi connectivity index (χ0) is 8.27. The molecule has 0 fully saturated rings. The monoisotopic (exact) mass is 212 g/mol. The third-order valence-corrected chi connectivity index (χ3v) is 1.84. The summed E-state index contributed by atoms with van der Waals surface area (Å²) in [6.07, 6.45) is 1.43. The standard InChI is InChI=1S/C9H9BrO/c1-3-11-9-5-4-8(10)6-7(9)2/h3-6H,1H2,2H3. The summed E-state index contributed by atoms with van der Waals surface area (Å²) in [6, 6.07) is 5.84. The molecule has 1 aromatic carbocycles. The quantitative estimate of drug-likeness (QED) is 0.685. The molecule has 0 N–H and O–H groups in total. The van der Waals surface area contributed by atoms with Gasteiger partial charge < -0.3 is 4.74 Å². The molecule has 0 unspecified atom stereocenters. The SMILES string of the molecule is C=COc1ccc(Br)cc1C. The zero-order valence-electron chi connectivity index (χ0n) is 6.30. The van der Waals surface area contributed by atoms with Crippen LogP contribution < -0.4 is 4.74 Å². The van der Waals surface area contributed by atoms with Crippen molar-refractivity contribution in [3.8, 4) is 5.75 Å². The van der Waals surface area contributed by atoms with Gasteiger partial charge in [-0.1, -0.05) is 22.5 Å². The molecule has 0 spiro atoms. The summed E-state index contributed by atoms with van der Waals surface area (Å²) < 4.78 is 6.20. The van der Waals surface area contributed by atoms with Crippen LogP contribution in [0, 0.1) is 6.92 Å². The maximum atomic E-state index is 5.13. The van der Waals surface area contributed by atoms with E-state index < -0.39 is 0 Å². The first kappa shape index (κ1) is 8.34. The molecule has 0 aliphatic heterocycles. The Hall–Kier alpha value is -0.760. The smallest absolute Gasteiger partial charge is 0.129 e. The van der Waals surface area contributed by atoms with E-state index in [1.807, 2.05) is 25.1 Å². The van der Waals surface area contributed by atoms with Crippen LogP contribution in [0.1, 0.15) is 5.56 Å². The maximum Gasteiger partial charge on any atom is 0.129 e. The highest BCUT2D eigenvalue weighted by Crippen LogP contribution is 2.21. The van der Waals surface area contributed by atoms with Crippen LogP contribution in [0.25, 0.3) is 0 Å². The van der Waals surface area contributed by atoms with E-state index in [0.29, 0.717) is 0 Å². The van der Waals surface area contributed by atoms with Gasteiger partial charge in [0.15, 0.2) is 0 Å². The lowest BCUT2D eigenvalue weighted by Gasteiger charge is -2.03. The fraction of sp³-hybridized carbons (Fsp3) is 0.111. The molecule has 0 saturated carbocycles. The van der Waals surface area contributed by atoms with E-state index in [4.69, 9.17) is 4.74 Å². The molecule has 0 radical (unpaired) electrons. The Bertz CT molecular complexity index is 268. The molecule has 1 nitrogen and oxygen atoms in total. The van der Waals surface area contributed by atoms with E-state index in [1.54, 1.807) is 0 Å². The molecule has 11 heavy (non-hydrogen) atoms. The lowest BCUT2D eigenvalue weighted by molar-refractivity contribution is 0.479. The second kappa shape index (κ2) is 3.58. The van der Waals surface area contributed by atoms with Crippen molar-refractivity contribution < 1.29 is 4.74 Å². The van der Waals surface area contributed by atoms with Crippen LogP contribution in [-0.2, 0) is 0 Å². The van der Waals surface area contributed by atoms with Crippen molar-refractivity contribution in [1.82, 2.24) is 0 Å². The normalized spacial score (nSPS) is 9.27. The predicted octanol–water partition coefficient (Wildman–Crippen LogP) is 3.28. The zero-order valence-corrected chi connectivity index (χ0v) is 7.89. The summed E-state index contributed by atoms with van der Waals surface area (Å²) in [4.78, 5) is 0. The first-order chi connectivity index (χ1) is 5.24. The van der Waals surface area contributed by atoms with Gasteiger partial charge in [-0.25, -0.2) is 0 Å².